The van der Waals surface area contributed by atoms with Crippen LogP contribution in [0.15, 0.2) is 41.6 Å². The van der Waals surface area contributed by atoms with Gasteiger partial charge in [0.05, 0.1) is 0 Å². The third-order valence-electron chi connectivity index (χ3n) is 4.15. The number of phenolic OH excluding ortho intramolecular Hbond substituents is 1. The molecule has 0 fully saturated rings. The minimum absolute atomic E-state index is 0.197. The van der Waals surface area contributed by atoms with Gasteiger partial charge in [-0.1, -0.05) is 38.8 Å². The Hall–Kier alpha value is -2.16. The van der Waals surface area contributed by atoms with Gasteiger partial charge < -0.3 is 5.11 Å². The zero-order valence-corrected chi connectivity index (χ0v) is 14.0. The number of rotatable bonds is 8. The van der Waals surface area contributed by atoms with E-state index in [9.17, 15) is 10.0 Å². The molecule has 3 heteroatoms. The molecule has 3 nitrogen and oxygen atoms in total. The first-order valence-corrected chi connectivity index (χ1v) is 8.48. The van der Waals surface area contributed by atoms with E-state index in [-0.39, 0.29) is 5.75 Å². The summed E-state index contributed by atoms with van der Waals surface area (Å²) < 4.78 is 0. The highest BCUT2D eigenvalue weighted by Crippen LogP contribution is 2.37. The Morgan fingerprint density at radius 2 is 1.43 bits per heavy atom. The molecular weight excluding hydrogens is 286 g/mol. The van der Waals surface area contributed by atoms with E-state index < -0.39 is 0 Å². The van der Waals surface area contributed by atoms with Crippen molar-refractivity contribution in [1.29, 1.82) is 0 Å². The fourth-order valence-corrected chi connectivity index (χ4v) is 2.75. The molecule has 0 aliphatic heterocycles. The Kier molecular flexibility index (Phi) is 6.33. The van der Waals surface area contributed by atoms with Crippen LogP contribution in [0.3, 0.4) is 0 Å². The summed E-state index contributed by atoms with van der Waals surface area (Å²) in [5.41, 5.74) is 4.16. The third-order valence-corrected chi connectivity index (χ3v) is 4.15. The number of aromatic hydroxyl groups is 1. The van der Waals surface area contributed by atoms with Crippen molar-refractivity contribution in [2.24, 2.45) is 5.18 Å². The van der Waals surface area contributed by atoms with Crippen LogP contribution in [0.4, 0.5) is 5.69 Å². The number of benzene rings is 2. The summed E-state index contributed by atoms with van der Waals surface area (Å²) >= 11 is 0. The number of phenols is 1. The summed E-state index contributed by atoms with van der Waals surface area (Å²) in [4.78, 5) is 11.2. The predicted octanol–water partition coefficient (Wildman–Crippen LogP) is 6.14. The van der Waals surface area contributed by atoms with Crippen LogP contribution in [0.2, 0.25) is 0 Å². The highest BCUT2D eigenvalue weighted by atomic mass is 16.3. The van der Waals surface area contributed by atoms with E-state index in [1.54, 1.807) is 12.1 Å². The van der Waals surface area contributed by atoms with Crippen LogP contribution in [-0.4, -0.2) is 5.11 Å². The van der Waals surface area contributed by atoms with Gasteiger partial charge in [0.25, 0.3) is 0 Å². The predicted molar refractivity (Wildman–Crippen MR) is 96.2 cm³/mol. The van der Waals surface area contributed by atoms with Gasteiger partial charge in [0, 0.05) is 11.1 Å². The summed E-state index contributed by atoms with van der Waals surface area (Å²) in [5.74, 6) is 0.197. The quantitative estimate of drug-likeness (QED) is 0.595. The Bertz CT molecular complexity index is 665. The molecule has 1 N–H and O–H groups in total. The van der Waals surface area contributed by atoms with Crippen LogP contribution in [0.5, 0.6) is 5.75 Å². The largest absolute Gasteiger partial charge is 0.507 e. The van der Waals surface area contributed by atoms with Gasteiger partial charge >= 0.3 is 0 Å². The van der Waals surface area contributed by atoms with Gasteiger partial charge in [0.2, 0.25) is 0 Å². The lowest BCUT2D eigenvalue weighted by Crippen LogP contribution is -1.90. The van der Waals surface area contributed by atoms with Crippen molar-refractivity contribution >= 4 is 5.69 Å². The topological polar surface area (TPSA) is 49.7 Å². The summed E-state index contributed by atoms with van der Waals surface area (Å²) in [5, 5.41) is 13.4. The SMILES string of the molecule is CCCCc1ccc(O)c(-c2cc(CCCC)ccc2N=O)c1. The molecule has 2 rings (SSSR count). The third kappa shape index (κ3) is 4.41. The van der Waals surface area contributed by atoms with Crippen LogP contribution in [-0.2, 0) is 12.8 Å². The summed E-state index contributed by atoms with van der Waals surface area (Å²) in [6.45, 7) is 4.32. The van der Waals surface area contributed by atoms with Crippen molar-refractivity contribution in [2.45, 2.75) is 52.4 Å². The first-order valence-electron chi connectivity index (χ1n) is 8.48. The molecule has 0 unspecified atom stereocenters. The van der Waals surface area contributed by atoms with Crippen LogP contribution in [0, 0.1) is 4.91 Å². The minimum atomic E-state index is 0.197. The lowest BCUT2D eigenvalue weighted by atomic mass is 9.95. The van der Waals surface area contributed by atoms with E-state index in [1.165, 1.54) is 11.1 Å². The highest BCUT2D eigenvalue weighted by Gasteiger charge is 2.12. The molecule has 0 radical (unpaired) electrons. The number of unbranched alkanes of at least 4 members (excludes halogenated alkanes) is 2. The lowest BCUT2D eigenvalue weighted by Gasteiger charge is -2.11. The monoisotopic (exact) mass is 311 g/mol. The molecule has 0 amide bonds. The minimum Gasteiger partial charge on any atom is -0.507 e. The lowest BCUT2D eigenvalue weighted by molar-refractivity contribution is 0.477. The van der Waals surface area contributed by atoms with Crippen LogP contribution >= 0.6 is 0 Å². The van der Waals surface area contributed by atoms with Gasteiger partial charge in [-0.2, -0.15) is 0 Å². The molecule has 0 saturated carbocycles. The van der Waals surface area contributed by atoms with E-state index in [0.717, 1.165) is 44.1 Å². The van der Waals surface area contributed by atoms with E-state index >= 15 is 0 Å². The smallest absolute Gasteiger partial charge is 0.123 e. The van der Waals surface area contributed by atoms with Gasteiger partial charge in [-0.15, -0.1) is 4.91 Å². The number of hydrogen-bond donors (Lipinski definition) is 1. The Balaban J connectivity index is 2.44. The first kappa shape index (κ1) is 17.2. The number of nitroso groups, excluding NO2 is 1. The second-order valence-electron chi connectivity index (χ2n) is 6.00. The van der Waals surface area contributed by atoms with Crippen LogP contribution in [0.1, 0.15) is 50.7 Å². The highest BCUT2D eigenvalue weighted by molar-refractivity contribution is 5.80. The molecule has 0 bridgehead atoms. The molecule has 0 atom stereocenters. The fourth-order valence-electron chi connectivity index (χ4n) is 2.75. The van der Waals surface area contributed by atoms with Crippen molar-refractivity contribution in [1.82, 2.24) is 0 Å². The average Bonchev–Trinajstić information content (AvgIpc) is 2.59. The van der Waals surface area contributed by atoms with Gasteiger partial charge in [0.15, 0.2) is 0 Å². The van der Waals surface area contributed by atoms with Gasteiger partial charge in [0.1, 0.15) is 11.4 Å². The van der Waals surface area contributed by atoms with Crippen LogP contribution < -0.4 is 0 Å². The second-order valence-corrected chi connectivity index (χ2v) is 6.00. The summed E-state index contributed by atoms with van der Waals surface area (Å²) in [7, 11) is 0. The van der Waals surface area contributed by atoms with E-state index in [4.69, 9.17) is 0 Å². The van der Waals surface area contributed by atoms with Crippen molar-refractivity contribution < 1.29 is 5.11 Å². The Labute approximate surface area is 138 Å². The average molecular weight is 311 g/mol. The number of nitrogens with zero attached hydrogens (tertiary/aromatic N) is 1. The van der Waals surface area contributed by atoms with Gasteiger partial charge in [-0.3, -0.25) is 0 Å². The molecule has 0 aromatic heterocycles. The number of hydrogen-bond acceptors (Lipinski definition) is 3. The molecule has 2 aromatic carbocycles. The van der Waals surface area contributed by atoms with E-state index in [2.05, 4.69) is 19.0 Å². The van der Waals surface area contributed by atoms with Crippen molar-refractivity contribution in [3.63, 3.8) is 0 Å². The molecule has 0 aliphatic rings. The zero-order chi connectivity index (χ0) is 16.7. The summed E-state index contributed by atoms with van der Waals surface area (Å²) in [6.07, 6.45) is 6.42. The Morgan fingerprint density at radius 1 is 0.870 bits per heavy atom. The maximum absolute atomic E-state index is 11.2. The van der Waals surface area contributed by atoms with Crippen LogP contribution in [0.25, 0.3) is 11.1 Å². The maximum Gasteiger partial charge on any atom is 0.123 e. The molecule has 23 heavy (non-hydrogen) atoms. The standard InChI is InChI=1S/C20H25NO2/c1-3-5-7-15-9-11-19(21-23)17(13-15)18-14-16(8-6-4-2)10-12-20(18)22/h9-14,22H,3-8H2,1-2H3. The van der Waals surface area contributed by atoms with Crippen molar-refractivity contribution in [3.05, 3.63) is 52.4 Å². The number of aryl methyl sites for hydroxylation is 2. The van der Waals surface area contributed by atoms with Crippen molar-refractivity contribution in [3.8, 4) is 16.9 Å². The normalized spacial score (nSPS) is 10.7. The molecule has 2 aromatic rings. The maximum atomic E-state index is 11.2. The molecule has 0 heterocycles. The molecule has 0 spiro atoms. The molecular formula is C20H25NO2. The molecule has 0 aliphatic carbocycles. The first-order chi connectivity index (χ1) is 11.2. The molecule has 122 valence electrons. The summed E-state index contributed by atoms with van der Waals surface area (Å²) in [6, 6.07) is 11.3. The second kappa shape index (κ2) is 8.47. The Morgan fingerprint density at radius 3 is 2.00 bits per heavy atom. The fraction of sp³-hybridized carbons (Fsp3) is 0.400. The van der Waals surface area contributed by atoms with Gasteiger partial charge in [-0.05, 0) is 66.3 Å². The van der Waals surface area contributed by atoms with E-state index in [0.29, 0.717) is 11.3 Å². The van der Waals surface area contributed by atoms with E-state index in [1.807, 2.05) is 24.3 Å². The molecule has 0 saturated heterocycles. The van der Waals surface area contributed by atoms with Gasteiger partial charge in [-0.25, -0.2) is 0 Å². The zero-order valence-electron chi connectivity index (χ0n) is 14.0. The van der Waals surface area contributed by atoms with Crippen molar-refractivity contribution in [2.75, 3.05) is 0 Å².